The molecule has 0 bridgehead atoms. The van der Waals surface area contributed by atoms with E-state index in [0.717, 1.165) is 25.7 Å². The molecule has 3 nitrogen and oxygen atoms in total. The Morgan fingerprint density at radius 1 is 1.12 bits per heavy atom. The predicted octanol–water partition coefficient (Wildman–Crippen LogP) is 2.64. The van der Waals surface area contributed by atoms with Crippen LogP contribution >= 0.6 is 0 Å². The zero-order valence-corrected chi connectivity index (χ0v) is 10.8. The maximum atomic E-state index is 11.8. The zero-order valence-electron chi connectivity index (χ0n) is 10.8. The van der Waals surface area contributed by atoms with Crippen LogP contribution < -0.4 is 0 Å². The van der Waals surface area contributed by atoms with Gasteiger partial charge in [0.05, 0.1) is 5.92 Å². The Kier molecular flexibility index (Phi) is 7.60. The number of rotatable bonds is 9. The molecule has 2 N–H and O–H groups in total. The van der Waals surface area contributed by atoms with Crippen LogP contribution in [0.2, 0.25) is 0 Å². The van der Waals surface area contributed by atoms with Crippen molar-refractivity contribution in [1.82, 2.24) is 0 Å². The van der Waals surface area contributed by atoms with E-state index >= 15 is 0 Å². The summed E-state index contributed by atoms with van der Waals surface area (Å²) < 4.78 is 0. The molecule has 0 aromatic heterocycles. The fraction of sp³-hybridized carbons (Fsp3) is 0.923. The molecule has 0 spiro atoms. The highest BCUT2D eigenvalue weighted by Crippen LogP contribution is 2.24. The van der Waals surface area contributed by atoms with Gasteiger partial charge in [-0.15, -0.1) is 0 Å². The molecule has 0 unspecified atom stereocenters. The second-order valence-electron chi connectivity index (χ2n) is 4.47. The van der Waals surface area contributed by atoms with E-state index in [1.165, 1.54) is 0 Å². The second-order valence-corrected chi connectivity index (χ2v) is 4.47. The summed E-state index contributed by atoms with van der Waals surface area (Å²) in [6.07, 6.45) is 5.37. The van der Waals surface area contributed by atoms with Gasteiger partial charge < -0.3 is 10.2 Å². The van der Waals surface area contributed by atoms with Gasteiger partial charge in [0, 0.05) is 6.42 Å². The number of unbranched alkanes of at least 4 members (excludes halogenated alkanes) is 3. The van der Waals surface area contributed by atoms with Crippen LogP contribution in [-0.2, 0) is 4.79 Å². The summed E-state index contributed by atoms with van der Waals surface area (Å²) in [5.41, 5.74) is 0. The highest BCUT2D eigenvalue weighted by molar-refractivity contribution is 5.81. The second kappa shape index (κ2) is 7.80. The smallest absolute Gasteiger partial charge is 0.172 e. The van der Waals surface area contributed by atoms with Gasteiger partial charge in [-0.1, -0.05) is 40.0 Å². The van der Waals surface area contributed by atoms with Gasteiger partial charge in [0.2, 0.25) is 0 Å². The molecule has 0 saturated heterocycles. The van der Waals surface area contributed by atoms with Gasteiger partial charge in [-0.25, -0.2) is 0 Å². The van der Waals surface area contributed by atoms with Crippen LogP contribution in [0.25, 0.3) is 0 Å². The number of hydrogen-bond acceptors (Lipinski definition) is 3. The first-order chi connectivity index (χ1) is 7.49. The minimum absolute atomic E-state index is 0.00884. The molecular weight excluding hydrogens is 204 g/mol. The van der Waals surface area contributed by atoms with Crippen molar-refractivity contribution in [2.75, 3.05) is 0 Å². The third-order valence-corrected chi connectivity index (χ3v) is 3.15. The Balaban J connectivity index is 4.11. The fourth-order valence-electron chi connectivity index (χ4n) is 1.96. The zero-order chi connectivity index (χ0) is 12.6. The molecule has 0 radical (unpaired) electrons. The van der Waals surface area contributed by atoms with Crippen molar-refractivity contribution in [2.24, 2.45) is 5.92 Å². The monoisotopic (exact) mass is 230 g/mol. The Bertz CT molecular complexity index is 199. The quantitative estimate of drug-likeness (QED) is 0.473. The van der Waals surface area contributed by atoms with Crippen LogP contribution in [0.15, 0.2) is 0 Å². The van der Waals surface area contributed by atoms with E-state index in [2.05, 4.69) is 6.92 Å². The van der Waals surface area contributed by atoms with Crippen molar-refractivity contribution in [3.05, 3.63) is 0 Å². The molecule has 0 fully saturated rings. The standard InChI is InChI=1S/C13H26O3/c1-4-7-8-9-10-12(14)11(5-2)13(15,16)6-3/h11,15-16H,4-10H2,1-3H3/t11-/m0/s1. The van der Waals surface area contributed by atoms with Crippen molar-refractivity contribution in [1.29, 1.82) is 0 Å². The molecular formula is C13H26O3. The summed E-state index contributed by atoms with van der Waals surface area (Å²) in [6, 6.07) is 0. The molecule has 0 amide bonds. The summed E-state index contributed by atoms with van der Waals surface area (Å²) in [5, 5.41) is 19.4. The topological polar surface area (TPSA) is 57.5 Å². The molecule has 0 heterocycles. The van der Waals surface area contributed by atoms with Gasteiger partial charge in [0.1, 0.15) is 5.78 Å². The number of ketones is 1. The molecule has 0 aliphatic carbocycles. The Labute approximate surface area is 98.9 Å². The average molecular weight is 230 g/mol. The van der Waals surface area contributed by atoms with Gasteiger partial charge in [-0.05, 0) is 19.3 Å². The summed E-state index contributed by atoms with van der Waals surface area (Å²) >= 11 is 0. The largest absolute Gasteiger partial charge is 0.365 e. The third-order valence-electron chi connectivity index (χ3n) is 3.15. The lowest BCUT2D eigenvalue weighted by Gasteiger charge is -2.28. The first-order valence-corrected chi connectivity index (χ1v) is 6.47. The van der Waals surface area contributed by atoms with E-state index in [1.54, 1.807) is 6.92 Å². The molecule has 0 aromatic rings. The van der Waals surface area contributed by atoms with E-state index in [-0.39, 0.29) is 12.2 Å². The van der Waals surface area contributed by atoms with Crippen molar-refractivity contribution < 1.29 is 15.0 Å². The number of carbonyl (C=O) groups excluding carboxylic acids is 1. The van der Waals surface area contributed by atoms with Crippen molar-refractivity contribution in [3.8, 4) is 0 Å². The lowest BCUT2D eigenvalue weighted by molar-refractivity contribution is -0.202. The summed E-state index contributed by atoms with van der Waals surface area (Å²) in [7, 11) is 0. The molecule has 16 heavy (non-hydrogen) atoms. The van der Waals surface area contributed by atoms with Crippen LogP contribution in [0.5, 0.6) is 0 Å². The van der Waals surface area contributed by atoms with Crippen LogP contribution in [0.1, 0.15) is 65.7 Å². The van der Waals surface area contributed by atoms with Crippen molar-refractivity contribution in [2.45, 2.75) is 71.5 Å². The van der Waals surface area contributed by atoms with E-state index < -0.39 is 11.7 Å². The van der Waals surface area contributed by atoms with Crippen molar-refractivity contribution in [3.63, 3.8) is 0 Å². The van der Waals surface area contributed by atoms with Gasteiger partial charge >= 0.3 is 0 Å². The van der Waals surface area contributed by atoms with Crippen LogP contribution in [0.3, 0.4) is 0 Å². The van der Waals surface area contributed by atoms with Gasteiger partial charge in [-0.2, -0.15) is 0 Å². The summed E-state index contributed by atoms with van der Waals surface area (Å²) in [4.78, 5) is 11.8. The number of Topliss-reactive ketones (excluding diaryl/α,β-unsaturated/α-hetero) is 1. The van der Waals surface area contributed by atoms with E-state index in [4.69, 9.17) is 0 Å². The van der Waals surface area contributed by atoms with Gasteiger partial charge in [-0.3, -0.25) is 4.79 Å². The molecule has 0 aromatic carbocycles. The van der Waals surface area contributed by atoms with E-state index in [1.807, 2.05) is 6.92 Å². The Hall–Kier alpha value is -0.410. The van der Waals surface area contributed by atoms with E-state index in [9.17, 15) is 15.0 Å². The fourth-order valence-corrected chi connectivity index (χ4v) is 1.96. The molecule has 0 aliphatic heterocycles. The molecule has 0 rings (SSSR count). The Morgan fingerprint density at radius 2 is 1.75 bits per heavy atom. The van der Waals surface area contributed by atoms with Crippen LogP contribution in [0, 0.1) is 5.92 Å². The number of hydrogen-bond donors (Lipinski definition) is 2. The molecule has 0 saturated carbocycles. The SMILES string of the molecule is CCCCCCC(=O)[C@H](CC)C(O)(O)CC. The van der Waals surface area contributed by atoms with Gasteiger partial charge in [0.15, 0.2) is 5.79 Å². The van der Waals surface area contributed by atoms with Gasteiger partial charge in [0.25, 0.3) is 0 Å². The maximum Gasteiger partial charge on any atom is 0.172 e. The first-order valence-electron chi connectivity index (χ1n) is 6.47. The highest BCUT2D eigenvalue weighted by atomic mass is 16.5. The lowest BCUT2D eigenvalue weighted by Crippen LogP contribution is -2.41. The van der Waals surface area contributed by atoms with Crippen molar-refractivity contribution >= 4 is 5.78 Å². The summed E-state index contributed by atoms with van der Waals surface area (Å²) in [5.74, 6) is -2.46. The van der Waals surface area contributed by atoms with E-state index in [0.29, 0.717) is 12.8 Å². The minimum atomic E-state index is -1.82. The minimum Gasteiger partial charge on any atom is -0.365 e. The number of carbonyl (C=O) groups is 1. The lowest BCUT2D eigenvalue weighted by atomic mass is 9.87. The molecule has 0 aliphatic rings. The predicted molar refractivity (Wildman–Crippen MR) is 65.0 cm³/mol. The van der Waals surface area contributed by atoms with Crippen LogP contribution in [0.4, 0.5) is 0 Å². The normalized spacial score (nSPS) is 13.8. The summed E-state index contributed by atoms with van der Waals surface area (Å²) in [6.45, 7) is 5.64. The molecule has 96 valence electrons. The Morgan fingerprint density at radius 3 is 2.19 bits per heavy atom. The van der Waals surface area contributed by atoms with Crippen LogP contribution in [-0.4, -0.2) is 21.8 Å². The average Bonchev–Trinajstić information content (AvgIpc) is 2.25. The molecule has 1 atom stereocenters. The maximum absolute atomic E-state index is 11.8. The highest BCUT2D eigenvalue weighted by Gasteiger charge is 2.35. The molecule has 3 heteroatoms. The number of aliphatic hydroxyl groups is 2. The third kappa shape index (κ3) is 5.08. The first kappa shape index (κ1) is 15.6.